The van der Waals surface area contributed by atoms with Crippen molar-refractivity contribution in [2.45, 2.75) is 31.3 Å². The Morgan fingerprint density at radius 3 is 2.45 bits per heavy atom. The standard InChI is InChI=1S/C12H18Br2N2O3S/c1-4-19-12(2,3)7-16-20(17,18)11-9(14)5-8(13)6-10(11)15/h5-6,16H,4,7,15H2,1-3H3. The Morgan fingerprint density at radius 2 is 1.95 bits per heavy atom. The molecule has 0 heterocycles. The van der Waals surface area contributed by atoms with Gasteiger partial charge in [0.2, 0.25) is 10.0 Å². The largest absolute Gasteiger partial charge is 0.398 e. The predicted octanol–water partition coefficient (Wildman–Crippen LogP) is 2.89. The minimum atomic E-state index is -3.71. The van der Waals surface area contributed by atoms with Crippen LogP contribution in [-0.2, 0) is 14.8 Å². The normalized spacial score (nSPS) is 12.7. The second kappa shape index (κ2) is 6.74. The van der Waals surface area contributed by atoms with E-state index in [1.807, 2.05) is 20.8 Å². The summed E-state index contributed by atoms with van der Waals surface area (Å²) in [6.07, 6.45) is 0. The number of rotatable bonds is 6. The van der Waals surface area contributed by atoms with Crippen LogP contribution in [0.25, 0.3) is 0 Å². The van der Waals surface area contributed by atoms with E-state index in [1.54, 1.807) is 12.1 Å². The molecule has 20 heavy (non-hydrogen) atoms. The lowest BCUT2D eigenvalue weighted by Gasteiger charge is -2.25. The van der Waals surface area contributed by atoms with E-state index in [0.717, 1.165) is 0 Å². The fourth-order valence-corrected chi connectivity index (χ4v) is 4.91. The first kappa shape index (κ1) is 17.9. The van der Waals surface area contributed by atoms with Crippen molar-refractivity contribution < 1.29 is 13.2 Å². The van der Waals surface area contributed by atoms with Crippen LogP contribution in [0.4, 0.5) is 5.69 Å². The van der Waals surface area contributed by atoms with Gasteiger partial charge in [-0.15, -0.1) is 0 Å². The first-order chi connectivity index (χ1) is 9.09. The van der Waals surface area contributed by atoms with Gasteiger partial charge in [0.15, 0.2) is 0 Å². The minimum Gasteiger partial charge on any atom is -0.398 e. The van der Waals surface area contributed by atoms with Gasteiger partial charge in [-0.1, -0.05) is 15.9 Å². The van der Waals surface area contributed by atoms with Crippen molar-refractivity contribution in [1.29, 1.82) is 0 Å². The molecule has 0 aliphatic heterocycles. The monoisotopic (exact) mass is 428 g/mol. The van der Waals surface area contributed by atoms with Crippen LogP contribution in [-0.4, -0.2) is 27.2 Å². The lowest BCUT2D eigenvalue weighted by Crippen LogP contribution is -2.40. The molecular formula is C12H18Br2N2O3S. The quantitative estimate of drug-likeness (QED) is 0.681. The Bertz CT molecular complexity index is 565. The van der Waals surface area contributed by atoms with E-state index in [-0.39, 0.29) is 17.1 Å². The molecule has 0 spiro atoms. The highest BCUT2D eigenvalue weighted by molar-refractivity contribution is 9.11. The number of nitrogen functional groups attached to an aromatic ring is 1. The molecule has 0 aliphatic carbocycles. The number of anilines is 1. The number of sulfonamides is 1. The van der Waals surface area contributed by atoms with Gasteiger partial charge in [0, 0.05) is 22.1 Å². The number of ether oxygens (including phenoxy) is 1. The van der Waals surface area contributed by atoms with Crippen LogP contribution in [0.2, 0.25) is 0 Å². The summed E-state index contributed by atoms with van der Waals surface area (Å²) < 4.78 is 33.8. The molecule has 5 nitrogen and oxygen atoms in total. The molecule has 0 radical (unpaired) electrons. The third kappa shape index (κ3) is 4.70. The molecule has 1 aromatic carbocycles. The van der Waals surface area contributed by atoms with Crippen LogP contribution in [0.3, 0.4) is 0 Å². The molecule has 0 atom stereocenters. The molecule has 0 amide bonds. The van der Waals surface area contributed by atoms with Crippen molar-refractivity contribution in [3.63, 3.8) is 0 Å². The maximum Gasteiger partial charge on any atom is 0.243 e. The van der Waals surface area contributed by atoms with E-state index in [4.69, 9.17) is 10.5 Å². The molecule has 1 rings (SSSR count). The highest BCUT2D eigenvalue weighted by Gasteiger charge is 2.25. The summed E-state index contributed by atoms with van der Waals surface area (Å²) in [6.45, 7) is 6.17. The third-order valence-corrected chi connectivity index (χ3v) is 5.39. The van der Waals surface area contributed by atoms with Gasteiger partial charge >= 0.3 is 0 Å². The Balaban J connectivity index is 3.01. The van der Waals surface area contributed by atoms with Gasteiger partial charge in [-0.05, 0) is 48.8 Å². The van der Waals surface area contributed by atoms with E-state index in [1.165, 1.54) is 0 Å². The van der Waals surface area contributed by atoms with Gasteiger partial charge in [-0.25, -0.2) is 13.1 Å². The molecule has 3 N–H and O–H groups in total. The topological polar surface area (TPSA) is 81.4 Å². The maximum atomic E-state index is 12.3. The average molecular weight is 430 g/mol. The summed E-state index contributed by atoms with van der Waals surface area (Å²) in [4.78, 5) is 0.0352. The molecule has 0 saturated heterocycles. The van der Waals surface area contributed by atoms with Crippen LogP contribution in [0.1, 0.15) is 20.8 Å². The summed E-state index contributed by atoms with van der Waals surface area (Å²) in [5, 5.41) is 0. The molecule has 0 aliphatic rings. The third-order valence-electron chi connectivity index (χ3n) is 2.53. The fraction of sp³-hybridized carbons (Fsp3) is 0.500. The average Bonchev–Trinajstić information content (AvgIpc) is 2.24. The van der Waals surface area contributed by atoms with Gasteiger partial charge in [0.25, 0.3) is 0 Å². The fourth-order valence-electron chi connectivity index (χ4n) is 1.65. The molecule has 0 aromatic heterocycles. The van der Waals surface area contributed by atoms with E-state index in [9.17, 15) is 8.42 Å². The van der Waals surface area contributed by atoms with Crippen molar-refractivity contribution in [3.05, 3.63) is 21.1 Å². The van der Waals surface area contributed by atoms with Gasteiger partial charge < -0.3 is 10.5 Å². The SMILES string of the molecule is CCOC(C)(C)CNS(=O)(=O)c1c(N)cc(Br)cc1Br. The number of hydrogen-bond acceptors (Lipinski definition) is 4. The maximum absolute atomic E-state index is 12.3. The number of hydrogen-bond donors (Lipinski definition) is 2. The van der Waals surface area contributed by atoms with Crippen LogP contribution >= 0.6 is 31.9 Å². The first-order valence-electron chi connectivity index (χ1n) is 5.97. The Labute approximate surface area is 136 Å². The molecule has 0 saturated carbocycles. The Morgan fingerprint density at radius 1 is 1.35 bits per heavy atom. The van der Waals surface area contributed by atoms with Gasteiger partial charge in [0.05, 0.1) is 11.3 Å². The number of benzene rings is 1. The zero-order valence-corrected chi connectivity index (χ0v) is 15.5. The number of nitrogens with one attached hydrogen (secondary N) is 1. The van der Waals surface area contributed by atoms with Gasteiger partial charge in [-0.2, -0.15) is 0 Å². The molecular weight excluding hydrogens is 412 g/mol. The Kier molecular flexibility index (Phi) is 6.03. The van der Waals surface area contributed by atoms with E-state index in [2.05, 4.69) is 36.6 Å². The predicted molar refractivity (Wildman–Crippen MR) is 87.1 cm³/mol. The molecule has 0 fully saturated rings. The lowest BCUT2D eigenvalue weighted by molar-refractivity contribution is -0.00515. The lowest BCUT2D eigenvalue weighted by atomic mass is 10.1. The van der Waals surface area contributed by atoms with Crippen LogP contribution in [0.15, 0.2) is 26.0 Å². The van der Waals surface area contributed by atoms with Crippen LogP contribution in [0, 0.1) is 0 Å². The second-order valence-electron chi connectivity index (χ2n) is 4.82. The number of halogens is 2. The van der Waals surface area contributed by atoms with Gasteiger partial charge in [-0.3, -0.25) is 0 Å². The van der Waals surface area contributed by atoms with Crippen LogP contribution < -0.4 is 10.5 Å². The summed E-state index contributed by atoms with van der Waals surface area (Å²) in [5.41, 5.74) is 5.39. The number of nitrogens with two attached hydrogens (primary N) is 1. The molecule has 8 heteroatoms. The zero-order valence-electron chi connectivity index (χ0n) is 11.5. The molecule has 0 unspecified atom stereocenters. The smallest absolute Gasteiger partial charge is 0.243 e. The van der Waals surface area contributed by atoms with Crippen molar-refractivity contribution in [2.75, 3.05) is 18.9 Å². The second-order valence-corrected chi connectivity index (χ2v) is 8.30. The van der Waals surface area contributed by atoms with Crippen molar-refractivity contribution in [3.8, 4) is 0 Å². The summed E-state index contributed by atoms with van der Waals surface area (Å²) >= 11 is 6.48. The van der Waals surface area contributed by atoms with E-state index < -0.39 is 15.6 Å². The summed E-state index contributed by atoms with van der Waals surface area (Å²) in [7, 11) is -3.71. The first-order valence-corrected chi connectivity index (χ1v) is 9.04. The zero-order chi connectivity index (χ0) is 15.6. The Hall–Kier alpha value is -0.150. The van der Waals surface area contributed by atoms with E-state index >= 15 is 0 Å². The minimum absolute atomic E-state index is 0.0352. The van der Waals surface area contributed by atoms with Crippen LogP contribution in [0.5, 0.6) is 0 Å². The van der Waals surface area contributed by atoms with Gasteiger partial charge in [0.1, 0.15) is 4.90 Å². The van der Waals surface area contributed by atoms with Crippen molar-refractivity contribution in [1.82, 2.24) is 4.72 Å². The highest BCUT2D eigenvalue weighted by atomic mass is 79.9. The van der Waals surface area contributed by atoms with E-state index in [0.29, 0.717) is 15.6 Å². The molecule has 0 bridgehead atoms. The summed E-state index contributed by atoms with van der Waals surface area (Å²) in [5.74, 6) is 0. The molecule has 114 valence electrons. The van der Waals surface area contributed by atoms with Crippen molar-refractivity contribution >= 4 is 47.6 Å². The molecule has 1 aromatic rings. The van der Waals surface area contributed by atoms with Crippen molar-refractivity contribution in [2.24, 2.45) is 0 Å². The summed E-state index contributed by atoms with van der Waals surface area (Å²) in [6, 6.07) is 3.19. The highest BCUT2D eigenvalue weighted by Crippen LogP contribution is 2.31.